The van der Waals surface area contributed by atoms with Gasteiger partial charge < -0.3 is 24.8 Å². The molecule has 1 heterocycles. The first-order chi connectivity index (χ1) is 8.20. The highest BCUT2D eigenvalue weighted by Crippen LogP contribution is 2.23. The number of benzene rings is 1. The summed E-state index contributed by atoms with van der Waals surface area (Å²) in [5.41, 5.74) is 0. The number of ether oxygens (including phenoxy) is 2. The molecule has 2 rings (SSSR count). The van der Waals surface area contributed by atoms with Crippen molar-refractivity contribution in [3.05, 3.63) is 30.3 Å². The normalized spacial score (nSPS) is 33.4. The Balaban J connectivity index is 2.00. The van der Waals surface area contributed by atoms with Crippen LogP contribution in [0.1, 0.15) is 6.42 Å². The summed E-state index contributed by atoms with van der Waals surface area (Å²) >= 11 is 0. The SMILES string of the molecule is OCC1OC(Oc2ccccc2)C(O)CC1O. The monoisotopic (exact) mass is 240 g/mol. The minimum Gasteiger partial charge on any atom is -0.462 e. The van der Waals surface area contributed by atoms with Crippen LogP contribution in [0.15, 0.2) is 30.3 Å². The predicted octanol–water partition coefficient (Wildman–Crippen LogP) is -0.106. The van der Waals surface area contributed by atoms with Crippen LogP contribution in [0.5, 0.6) is 5.75 Å². The molecule has 0 aliphatic carbocycles. The maximum absolute atomic E-state index is 9.72. The van der Waals surface area contributed by atoms with Gasteiger partial charge in [-0.05, 0) is 12.1 Å². The summed E-state index contributed by atoms with van der Waals surface area (Å²) < 4.78 is 10.7. The molecular formula is C12H16O5. The van der Waals surface area contributed by atoms with Gasteiger partial charge in [0.25, 0.3) is 0 Å². The molecule has 17 heavy (non-hydrogen) atoms. The van der Waals surface area contributed by atoms with Crippen LogP contribution in [0.4, 0.5) is 0 Å². The first-order valence-electron chi connectivity index (χ1n) is 5.55. The van der Waals surface area contributed by atoms with Crippen molar-refractivity contribution in [3.63, 3.8) is 0 Å². The Morgan fingerprint density at radius 3 is 2.53 bits per heavy atom. The van der Waals surface area contributed by atoms with Crippen molar-refractivity contribution in [2.24, 2.45) is 0 Å². The average molecular weight is 240 g/mol. The molecule has 1 aromatic rings. The topological polar surface area (TPSA) is 79.2 Å². The Bertz CT molecular complexity index is 342. The van der Waals surface area contributed by atoms with Crippen LogP contribution in [0.2, 0.25) is 0 Å². The molecule has 1 fully saturated rings. The van der Waals surface area contributed by atoms with E-state index in [1.54, 1.807) is 12.1 Å². The van der Waals surface area contributed by atoms with Crippen LogP contribution in [-0.2, 0) is 4.74 Å². The smallest absolute Gasteiger partial charge is 0.226 e. The van der Waals surface area contributed by atoms with Gasteiger partial charge in [0, 0.05) is 6.42 Å². The summed E-state index contributed by atoms with van der Waals surface area (Å²) in [5, 5.41) is 28.3. The van der Waals surface area contributed by atoms with E-state index in [4.69, 9.17) is 14.6 Å². The van der Waals surface area contributed by atoms with Gasteiger partial charge in [-0.2, -0.15) is 0 Å². The maximum Gasteiger partial charge on any atom is 0.226 e. The van der Waals surface area contributed by atoms with Gasteiger partial charge in [0.15, 0.2) is 0 Å². The summed E-state index contributed by atoms with van der Waals surface area (Å²) in [7, 11) is 0. The first kappa shape index (κ1) is 12.3. The Hall–Kier alpha value is -1.14. The van der Waals surface area contributed by atoms with Crippen LogP contribution < -0.4 is 4.74 Å². The Kier molecular flexibility index (Phi) is 3.96. The minimum absolute atomic E-state index is 0.128. The number of rotatable bonds is 3. The molecule has 1 aliphatic rings. The number of hydrogen-bond acceptors (Lipinski definition) is 5. The van der Waals surface area contributed by atoms with Crippen LogP contribution in [0, 0.1) is 0 Å². The number of para-hydroxylation sites is 1. The van der Waals surface area contributed by atoms with Crippen LogP contribution >= 0.6 is 0 Å². The molecule has 1 aromatic carbocycles. The van der Waals surface area contributed by atoms with Gasteiger partial charge in [0.2, 0.25) is 6.29 Å². The third kappa shape index (κ3) is 2.95. The van der Waals surface area contributed by atoms with E-state index in [1.807, 2.05) is 18.2 Å². The number of aliphatic hydroxyl groups excluding tert-OH is 3. The zero-order valence-corrected chi connectivity index (χ0v) is 9.27. The van der Waals surface area contributed by atoms with Crippen LogP contribution in [-0.4, -0.2) is 46.5 Å². The lowest BCUT2D eigenvalue weighted by molar-refractivity contribution is -0.240. The summed E-state index contributed by atoms with van der Waals surface area (Å²) in [6.45, 7) is -0.303. The van der Waals surface area contributed by atoms with Crippen molar-refractivity contribution in [1.82, 2.24) is 0 Å². The molecule has 5 heteroatoms. The second kappa shape index (κ2) is 5.46. The molecule has 0 radical (unpaired) electrons. The summed E-state index contributed by atoms with van der Waals surface area (Å²) in [4.78, 5) is 0. The van der Waals surface area contributed by atoms with E-state index in [-0.39, 0.29) is 13.0 Å². The van der Waals surface area contributed by atoms with E-state index in [1.165, 1.54) is 0 Å². The van der Waals surface area contributed by atoms with E-state index in [0.717, 1.165) is 0 Å². The Labute approximate surface area is 99.2 Å². The molecule has 3 N–H and O–H groups in total. The van der Waals surface area contributed by atoms with E-state index in [2.05, 4.69) is 0 Å². The quantitative estimate of drug-likeness (QED) is 0.687. The summed E-state index contributed by atoms with van der Waals surface area (Å²) in [6.07, 6.45) is -3.23. The van der Waals surface area contributed by atoms with Crippen LogP contribution in [0.3, 0.4) is 0 Å². The zero-order valence-electron chi connectivity index (χ0n) is 9.27. The van der Waals surface area contributed by atoms with Crippen molar-refractivity contribution < 1.29 is 24.8 Å². The molecule has 0 saturated carbocycles. The van der Waals surface area contributed by atoms with Gasteiger partial charge in [0.1, 0.15) is 18.0 Å². The average Bonchev–Trinajstić information content (AvgIpc) is 2.34. The van der Waals surface area contributed by atoms with Crippen LogP contribution in [0.25, 0.3) is 0 Å². The highest BCUT2D eigenvalue weighted by Gasteiger charge is 2.37. The zero-order chi connectivity index (χ0) is 12.3. The van der Waals surface area contributed by atoms with Crippen molar-refractivity contribution in [2.75, 3.05) is 6.61 Å². The van der Waals surface area contributed by atoms with Crippen molar-refractivity contribution in [3.8, 4) is 5.75 Å². The third-order valence-corrected chi connectivity index (χ3v) is 2.71. The highest BCUT2D eigenvalue weighted by atomic mass is 16.7. The van der Waals surface area contributed by atoms with Gasteiger partial charge in [-0.1, -0.05) is 18.2 Å². The summed E-state index contributed by atoms with van der Waals surface area (Å²) in [5.74, 6) is 0.574. The molecular weight excluding hydrogens is 224 g/mol. The molecule has 4 atom stereocenters. The second-order valence-electron chi connectivity index (χ2n) is 4.03. The standard InChI is InChI=1S/C12H16O5/c13-7-11-9(14)6-10(15)12(17-11)16-8-4-2-1-3-5-8/h1-5,9-15H,6-7H2. The predicted molar refractivity (Wildman–Crippen MR) is 59.4 cm³/mol. The van der Waals surface area contributed by atoms with Gasteiger partial charge in [-0.3, -0.25) is 0 Å². The molecule has 0 bridgehead atoms. The van der Waals surface area contributed by atoms with Gasteiger partial charge in [-0.15, -0.1) is 0 Å². The highest BCUT2D eigenvalue weighted by molar-refractivity contribution is 5.21. The van der Waals surface area contributed by atoms with Crippen molar-refractivity contribution in [2.45, 2.75) is 31.0 Å². The fourth-order valence-electron chi connectivity index (χ4n) is 1.77. The third-order valence-electron chi connectivity index (χ3n) is 2.71. The maximum atomic E-state index is 9.72. The Morgan fingerprint density at radius 1 is 1.18 bits per heavy atom. The molecule has 94 valence electrons. The lowest BCUT2D eigenvalue weighted by Gasteiger charge is -2.36. The lowest BCUT2D eigenvalue weighted by Crippen LogP contribution is -2.50. The van der Waals surface area contributed by atoms with Gasteiger partial charge >= 0.3 is 0 Å². The second-order valence-corrected chi connectivity index (χ2v) is 4.03. The van der Waals surface area contributed by atoms with Gasteiger partial charge in [-0.25, -0.2) is 0 Å². The first-order valence-corrected chi connectivity index (χ1v) is 5.55. The molecule has 0 aromatic heterocycles. The lowest BCUT2D eigenvalue weighted by atomic mass is 10.0. The Morgan fingerprint density at radius 2 is 1.88 bits per heavy atom. The van der Waals surface area contributed by atoms with E-state index >= 15 is 0 Å². The fraction of sp³-hybridized carbons (Fsp3) is 0.500. The van der Waals surface area contributed by atoms with E-state index in [0.29, 0.717) is 5.75 Å². The van der Waals surface area contributed by atoms with Crippen molar-refractivity contribution >= 4 is 0 Å². The molecule has 0 spiro atoms. The molecule has 0 amide bonds. The van der Waals surface area contributed by atoms with Crippen molar-refractivity contribution in [1.29, 1.82) is 0 Å². The van der Waals surface area contributed by atoms with E-state index in [9.17, 15) is 10.2 Å². The minimum atomic E-state index is -0.909. The molecule has 5 nitrogen and oxygen atoms in total. The molecule has 1 aliphatic heterocycles. The number of hydrogen-bond donors (Lipinski definition) is 3. The molecule has 1 saturated heterocycles. The summed E-state index contributed by atoms with van der Waals surface area (Å²) in [6, 6.07) is 8.96. The van der Waals surface area contributed by atoms with Gasteiger partial charge in [0.05, 0.1) is 12.7 Å². The molecule has 4 unspecified atom stereocenters. The van der Waals surface area contributed by atoms with E-state index < -0.39 is 24.6 Å². The number of aliphatic hydroxyl groups is 3. The fourth-order valence-corrected chi connectivity index (χ4v) is 1.77. The largest absolute Gasteiger partial charge is 0.462 e.